The number of halogens is 2. The predicted octanol–water partition coefficient (Wildman–Crippen LogP) is 6.32. The summed E-state index contributed by atoms with van der Waals surface area (Å²) in [4.78, 5) is 32.7. The first-order chi connectivity index (χ1) is 17.9. The first kappa shape index (κ1) is 27.0. The summed E-state index contributed by atoms with van der Waals surface area (Å²) in [7, 11) is 3.17. The molecule has 1 saturated heterocycles. The molecule has 0 aromatic heterocycles. The number of benzene rings is 3. The lowest BCUT2D eigenvalue weighted by Crippen LogP contribution is -2.46. The van der Waals surface area contributed by atoms with E-state index in [1.54, 1.807) is 49.5 Å². The zero-order valence-corrected chi connectivity index (χ0v) is 23.4. The SMILES string of the molecule is COc1ccc(CCN2C(=O)CC(C(=O)Nc3ccc(Br)cc3)SC2=Nc2cccc(Cl)c2)cc1OC. The quantitative estimate of drug-likeness (QED) is 0.326. The first-order valence-corrected chi connectivity index (χ1v) is 13.5. The van der Waals surface area contributed by atoms with E-state index in [0.717, 1.165) is 10.0 Å². The molecule has 0 aliphatic carbocycles. The summed E-state index contributed by atoms with van der Waals surface area (Å²) in [6.45, 7) is 0.391. The molecule has 1 aliphatic rings. The van der Waals surface area contributed by atoms with Crippen molar-refractivity contribution in [1.82, 2.24) is 4.90 Å². The number of carbonyl (C=O) groups excluding carboxylic acids is 2. The Kier molecular flexibility index (Phi) is 9.13. The van der Waals surface area contributed by atoms with Gasteiger partial charge in [-0.2, -0.15) is 0 Å². The summed E-state index contributed by atoms with van der Waals surface area (Å²) in [5.41, 5.74) is 2.24. The lowest BCUT2D eigenvalue weighted by atomic mass is 10.1. The van der Waals surface area contributed by atoms with Crippen LogP contribution >= 0.6 is 39.3 Å². The molecule has 2 amide bonds. The van der Waals surface area contributed by atoms with E-state index < -0.39 is 5.25 Å². The second kappa shape index (κ2) is 12.5. The van der Waals surface area contributed by atoms with E-state index >= 15 is 0 Å². The fourth-order valence-electron chi connectivity index (χ4n) is 3.75. The van der Waals surface area contributed by atoms with Crippen LogP contribution in [0.25, 0.3) is 0 Å². The lowest BCUT2D eigenvalue weighted by Gasteiger charge is -2.32. The average molecular weight is 603 g/mol. The fraction of sp³-hybridized carbons (Fsp3) is 0.222. The van der Waals surface area contributed by atoms with Crippen molar-refractivity contribution in [3.8, 4) is 11.5 Å². The molecule has 0 saturated carbocycles. The molecule has 1 heterocycles. The van der Waals surface area contributed by atoms with E-state index in [2.05, 4.69) is 21.2 Å². The Balaban J connectivity index is 1.55. The standard InChI is InChI=1S/C27H25BrClN3O4S/c1-35-22-11-6-17(14-23(22)36-2)12-13-32-25(33)16-24(26(34)30-20-9-7-18(28)8-10-20)37-27(32)31-21-5-3-4-19(29)15-21/h3-11,14-15,24H,12-13,16H2,1-2H3,(H,30,34). The lowest BCUT2D eigenvalue weighted by molar-refractivity contribution is -0.129. The number of anilines is 1. The molecule has 1 fully saturated rings. The van der Waals surface area contributed by atoms with Gasteiger partial charge in [0.2, 0.25) is 11.8 Å². The maximum absolute atomic E-state index is 13.3. The summed E-state index contributed by atoms with van der Waals surface area (Å²) < 4.78 is 11.6. The van der Waals surface area contributed by atoms with Crippen molar-refractivity contribution >= 4 is 67.6 Å². The Labute approximate surface area is 233 Å². The second-order valence-electron chi connectivity index (χ2n) is 8.17. The highest BCUT2D eigenvalue weighted by molar-refractivity contribution is 9.10. The Morgan fingerprint density at radius 3 is 2.57 bits per heavy atom. The highest BCUT2D eigenvalue weighted by Gasteiger charge is 2.35. The number of thioether (sulfide) groups is 1. The number of hydrogen-bond donors (Lipinski definition) is 1. The molecule has 1 unspecified atom stereocenters. The van der Waals surface area contributed by atoms with Crippen LogP contribution < -0.4 is 14.8 Å². The molecule has 3 aromatic carbocycles. The molecular formula is C27H25BrClN3O4S. The third kappa shape index (κ3) is 7.06. The third-order valence-electron chi connectivity index (χ3n) is 5.65. The molecule has 0 radical (unpaired) electrons. The van der Waals surface area contributed by atoms with Crippen molar-refractivity contribution in [2.45, 2.75) is 18.1 Å². The number of amides is 2. The van der Waals surface area contributed by atoms with E-state index in [1.807, 2.05) is 36.4 Å². The number of hydrogen-bond acceptors (Lipinski definition) is 6. The van der Waals surface area contributed by atoms with E-state index in [4.69, 9.17) is 26.1 Å². The number of methoxy groups -OCH3 is 2. The van der Waals surface area contributed by atoms with Gasteiger partial charge >= 0.3 is 0 Å². The molecule has 1 N–H and O–H groups in total. The van der Waals surface area contributed by atoms with Crippen LogP contribution in [0.15, 0.2) is 76.2 Å². The van der Waals surface area contributed by atoms with E-state index in [0.29, 0.717) is 46.0 Å². The van der Waals surface area contributed by atoms with Gasteiger partial charge in [-0.15, -0.1) is 0 Å². The van der Waals surface area contributed by atoms with Crippen molar-refractivity contribution in [3.05, 3.63) is 81.8 Å². The Morgan fingerprint density at radius 2 is 1.86 bits per heavy atom. The minimum absolute atomic E-state index is 0.0630. The summed E-state index contributed by atoms with van der Waals surface area (Å²) in [6.07, 6.45) is 0.629. The first-order valence-electron chi connectivity index (χ1n) is 11.4. The van der Waals surface area contributed by atoms with Crippen molar-refractivity contribution in [3.63, 3.8) is 0 Å². The number of nitrogens with zero attached hydrogens (tertiary/aromatic N) is 2. The number of carbonyl (C=O) groups is 2. The van der Waals surface area contributed by atoms with Crippen LogP contribution in [0.3, 0.4) is 0 Å². The maximum Gasteiger partial charge on any atom is 0.238 e. The molecule has 3 aromatic rings. The molecular weight excluding hydrogens is 578 g/mol. The molecule has 37 heavy (non-hydrogen) atoms. The largest absolute Gasteiger partial charge is 0.493 e. The molecule has 0 spiro atoms. The van der Waals surface area contributed by atoms with Gasteiger partial charge in [-0.1, -0.05) is 51.4 Å². The number of nitrogens with one attached hydrogen (secondary N) is 1. The van der Waals surface area contributed by atoms with Crippen LogP contribution in [0, 0.1) is 0 Å². The minimum Gasteiger partial charge on any atom is -0.493 e. The Morgan fingerprint density at radius 1 is 1.11 bits per heavy atom. The Hall–Kier alpha value is -3.01. The monoisotopic (exact) mass is 601 g/mol. The predicted molar refractivity (Wildman–Crippen MR) is 152 cm³/mol. The van der Waals surface area contributed by atoms with Gasteiger partial charge in [0.15, 0.2) is 16.7 Å². The van der Waals surface area contributed by atoms with Gasteiger partial charge in [0, 0.05) is 28.1 Å². The highest BCUT2D eigenvalue weighted by atomic mass is 79.9. The van der Waals surface area contributed by atoms with E-state index in [-0.39, 0.29) is 18.2 Å². The topological polar surface area (TPSA) is 80.2 Å². The van der Waals surface area contributed by atoms with Crippen LogP contribution in [0.1, 0.15) is 12.0 Å². The summed E-state index contributed by atoms with van der Waals surface area (Å²) in [6, 6.07) is 20.0. The zero-order chi connectivity index (χ0) is 26.4. The van der Waals surface area contributed by atoms with E-state index in [1.165, 1.54) is 11.8 Å². The molecule has 0 bridgehead atoms. The minimum atomic E-state index is -0.619. The normalized spacial score (nSPS) is 16.5. The third-order valence-corrected chi connectivity index (χ3v) is 7.60. The highest BCUT2D eigenvalue weighted by Crippen LogP contribution is 2.32. The summed E-state index contributed by atoms with van der Waals surface area (Å²) in [5.74, 6) is 0.838. The van der Waals surface area contributed by atoms with Gasteiger partial charge in [-0.3, -0.25) is 14.5 Å². The van der Waals surface area contributed by atoms with Gasteiger partial charge in [0.05, 0.1) is 19.9 Å². The number of rotatable bonds is 8. The van der Waals surface area contributed by atoms with Gasteiger partial charge in [-0.25, -0.2) is 4.99 Å². The molecule has 4 rings (SSSR count). The van der Waals surface area contributed by atoms with Crippen LogP contribution in [0.4, 0.5) is 11.4 Å². The summed E-state index contributed by atoms with van der Waals surface area (Å²) in [5, 5.41) is 3.27. The Bertz CT molecular complexity index is 1320. The van der Waals surface area contributed by atoms with Crippen molar-refractivity contribution in [2.75, 3.05) is 26.1 Å². The number of amidine groups is 1. The van der Waals surface area contributed by atoms with Crippen molar-refractivity contribution in [2.24, 2.45) is 4.99 Å². The smallest absolute Gasteiger partial charge is 0.238 e. The van der Waals surface area contributed by atoms with Crippen molar-refractivity contribution < 1.29 is 19.1 Å². The fourth-order valence-corrected chi connectivity index (χ4v) is 5.32. The second-order valence-corrected chi connectivity index (χ2v) is 10.7. The van der Waals surface area contributed by atoms with Gasteiger partial charge < -0.3 is 14.8 Å². The van der Waals surface area contributed by atoms with E-state index in [9.17, 15) is 9.59 Å². The summed E-state index contributed by atoms with van der Waals surface area (Å²) >= 11 is 10.8. The molecule has 10 heteroatoms. The molecule has 1 aliphatic heterocycles. The maximum atomic E-state index is 13.3. The van der Waals surface area contributed by atoms with Crippen LogP contribution in [0.5, 0.6) is 11.5 Å². The van der Waals surface area contributed by atoms with Crippen LogP contribution in [-0.2, 0) is 16.0 Å². The van der Waals surface area contributed by atoms with Gasteiger partial charge in [0.1, 0.15) is 5.25 Å². The molecule has 1 atom stereocenters. The molecule has 192 valence electrons. The average Bonchev–Trinajstić information content (AvgIpc) is 2.89. The van der Waals surface area contributed by atoms with Crippen LogP contribution in [-0.4, -0.2) is 47.9 Å². The zero-order valence-electron chi connectivity index (χ0n) is 20.2. The van der Waals surface area contributed by atoms with Gasteiger partial charge in [-0.05, 0) is 66.6 Å². The molecule has 7 nitrogen and oxygen atoms in total. The van der Waals surface area contributed by atoms with Gasteiger partial charge in [0.25, 0.3) is 0 Å². The number of aliphatic imine (C=N–C) groups is 1. The number of ether oxygens (including phenoxy) is 2. The van der Waals surface area contributed by atoms with Crippen LogP contribution in [0.2, 0.25) is 5.02 Å². The van der Waals surface area contributed by atoms with Crippen molar-refractivity contribution in [1.29, 1.82) is 0 Å².